The van der Waals surface area contributed by atoms with Gasteiger partial charge in [-0.05, 0) is 13.8 Å². The molecule has 0 N–H and O–H groups in total. The van der Waals surface area contributed by atoms with Crippen molar-refractivity contribution in [3.8, 4) is 12.3 Å². The first-order valence-corrected chi connectivity index (χ1v) is 4.07. The Bertz CT molecular complexity index is 230. The van der Waals surface area contributed by atoms with Crippen LogP contribution in [0.1, 0.15) is 13.8 Å². The van der Waals surface area contributed by atoms with Crippen molar-refractivity contribution in [3.63, 3.8) is 0 Å². The standard InChI is InChI=1S/C9H12F3N/c1-4-8(2,3)13-5-7(6-13)9(10,11)12/h1,7H,5-6H2,2-3H3. The highest BCUT2D eigenvalue weighted by Crippen LogP contribution is 2.36. The molecule has 0 amide bonds. The molecule has 1 fully saturated rings. The van der Waals surface area contributed by atoms with Gasteiger partial charge in [0.2, 0.25) is 0 Å². The Morgan fingerprint density at radius 1 is 1.31 bits per heavy atom. The number of rotatable bonds is 1. The molecule has 0 atom stereocenters. The van der Waals surface area contributed by atoms with Gasteiger partial charge in [0, 0.05) is 13.1 Å². The summed E-state index contributed by atoms with van der Waals surface area (Å²) in [5, 5.41) is 0. The minimum absolute atomic E-state index is 0.0285. The van der Waals surface area contributed by atoms with Crippen LogP contribution in [-0.2, 0) is 0 Å². The number of nitrogens with zero attached hydrogens (tertiary/aromatic N) is 1. The summed E-state index contributed by atoms with van der Waals surface area (Å²) in [4.78, 5) is 1.66. The molecule has 4 heteroatoms. The lowest BCUT2D eigenvalue weighted by Crippen LogP contribution is -2.60. The molecule has 1 aliphatic heterocycles. The Morgan fingerprint density at radius 3 is 2.08 bits per heavy atom. The summed E-state index contributed by atoms with van der Waals surface area (Å²) in [6, 6.07) is 0. The third kappa shape index (κ3) is 1.97. The molecule has 0 aliphatic carbocycles. The molecule has 0 radical (unpaired) electrons. The van der Waals surface area contributed by atoms with Crippen LogP contribution in [0, 0.1) is 18.3 Å². The highest BCUT2D eigenvalue weighted by Gasteiger charge is 2.50. The van der Waals surface area contributed by atoms with Crippen LogP contribution in [-0.4, -0.2) is 29.7 Å². The van der Waals surface area contributed by atoms with Crippen LogP contribution in [0.15, 0.2) is 0 Å². The number of halogens is 3. The third-order valence-corrected chi connectivity index (χ3v) is 2.49. The molecule has 0 aromatic rings. The van der Waals surface area contributed by atoms with Crippen LogP contribution in [0.4, 0.5) is 13.2 Å². The first-order valence-electron chi connectivity index (χ1n) is 4.07. The van der Waals surface area contributed by atoms with Gasteiger partial charge in [-0.25, -0.2) is 0 Å². The Hall–Kier alpha value is -0.690. The van der Waals surface area contributed by atoms with Crippen LogP contribution < -0.4 is 0 Å². The molecule has 0 saturated carbocycles. The number of terminal acetylenes is 1. The predicted octanol–water partition coefficient (Wildman–Crippen LogP) is 1.89. The van der Waals surface area contributed by atoms with Gasteiger partial charge in [0.25, 0.3) is 0 Å². The fraction of sp³-hybridized carbons (Fsp3) is 0.778. The van der Waals surface area contributed by atoms with E-state index in [0.29, 0.717) is 0 Å². The minimum atomic E-state index is -4.07. The van der Waals surface area contributed by atoms with Crippen LogP contribution in [0.5, 0.6) is 0 Å². The maximum Gasteiger partial charge on any atom is 0.394 e. The van der Waals surface area contributed by atoms with Crippen LogP contribution in [0.3, 0.4) is 0 Å². The van der Waals surface area contributed by atoms with Gasteiger partial charge in [0.05, 0.1) is 11.5 Å². The van der Waals surface area contributed by atoms with Crippen molar-refractivity contribution >= 4 is 0 Å². The van der Waals surface area contributed by atoms with E-state index in [-0.39, 0.29) is 13.1 Å². The maximum atomic E-state index is 12.1. The fourth-order valence-corrected chi connectivity index (χ4v) is 1.23. The molecule has 74 valence electrons. The Kier molecular flexibility index (Phi) is 2.33. The fourth-order valence-electron chi connectivity index (χ4n) is 1.23. The van der Waals surface area contributed by atoms with Gasteiger partial charge in [0.15, 0.2) is 0 Å². The Morgan fingerprint density at radius 2 is 1.77 bits per heavy atom. The highest BCUT2D eigenvalue weighted by molar-refractivity contribution is 5.11. The third-order valence-electron chi connectivity index (χ3n) is 2.49. The average molecular weight is 191 g/mol. The van der Waals surface area contributed by atoms with Gasteiger partial charge < -0.3 is 0 Å². The van der Waals surface area contributed by atoms with Gasteiger partial charge >= 0.3 is 6.18 Å². The van der Waals surface area contributed by atoms with Crippen molar-refractivity contribution in [2.75, 3.05) is 13.1 Å². The Labute approximate surface area is 75.9 Å². The molecule has 1 aliphatic rings. The molecule has 1 nitrogen and oxygen atoms in total. The predicted molar refractivity (Wildman–Crippen MR) is 44.0 cm³/mol. The van der Waals surface area contributed by atoms with Crippen molar-refractivity contribution < 1.29 is 13.2 Å². The number of alkyl halides is 3. The smallest absolute Gasteiger partial charge is 0.286 e. The van der Waals surface area contributed by atoms with Crippen molar-refractivity contribution in [3.05, 3.63) is 0 Å². The van der Waals surface area contributed by atoms with Gasteiger partial charge in [-0.15, -0.1) is 6.42 Å². The van der Waals surface area contributed by atoms with E-state index in [1.165, 1.54) is 0 Å². The molecule has 1 saturated heterocycles. The normalized spacial score (nSPS) is 20.9. The second kappa shape index (κ2) is 2.91. The average Bonchev–Trinajstić information content (AvgIpc) is 1.79. The number of likely N-dealkylation sites (tertiary alicyclic amines) is 1. The molecular weight excluding hydrogens is 179 g/mol. The van der Waals surface area contributed by atoms with E-state index in [1.807, 2.05) is 0 Å². The topological polar surface area (TPSA) is 3.24 Å². The lowest BCUT2D eigenvalue weighted by Gasteiger charge is -2.47. The van der Waals surface area contributed by atoms with Crippen molar-refractivity contribution in [2.45, 2.75) is 25.6 Å². The largest absolute Gasteiger partial charge is 0.394 e. The van der Waals surface area contributed by atoms with E-state index in [2.05, 4.69) is 5.92 Å². The van der Waals surface area contributed by atoms with E-state index >= 15 is 0 Å². The van der Waals surface area contributed by atoms with Crippen LogP contribution >= 0.6 is 0 Å². The van der Waals surface area contributed by atoms with Gasteiger partial charge in [-0.1, -0.05) is 5.92 Å². The summed E-state index contributed by atoms with van der Waals surface area (Å²) in [6.45, 7) is 3.56. The van der Waals surface area contributed by atoms with E-state index in [1.54, 1.807) is 18.7 Å². The lowest BCUT2D eigenvalue weighted by atomic mass is 9.91. The zero-order valence-corrected chi connectivity index (χ0v) is 7.65. The highest BCUT2D eigenvalue weighted by atomic mass is 19.4. The summed E-state index contributed by atoms with van der Waals surface area (Å²) in [7, 11) is 0. The molecule has 0 unspecified atom stereocenters. The van der Waals surface area contributed by atoms with Crippen LogP contribution in [0.2, 0.25) is 0 Å². The van der Waals surface area contributed by atoms with Crippen molar-refractivity contribution in [1.29, 1.82) is 0 Å². The Balaban J connectivity index is 2.48. The summed E-state index contributed by atoms with van der Waals surface area (Å²) in [5.41, 5.74) is -0.554. The van der Waals surface area contributed by atoms with Gasteiger partial charge in [-0.2, -0.15) is 13.2 Å². The first-order chi connectivity index (χ1) is 5.77. The first kappa shape index (κ1) is 10.4. The second-order valence-electron chi connectivity index (χ2n) is 3.85. The minimum Gasteiger partial charge on any atom is -0.286 e. The molecular formula is C9H12F3N. The van der Waals surface area contributed by atoms with E-state index in [4.69, 9.17) is 6.42 Å². The van der Waals surface area contributed by atoms with Gasteiger partial charge in [-0.3, -0.25) is 4.90 Å². The second-order valence-corrected chi connectivity index (χ2v) is 3.85. The molecule has 1 rings (SSSR count). The summed E-state index contributed by atoms with van der Waals surface area (Å²) < 4.78 is 36.3. The molecule has 0 spiro atoms. The van der Waals surface area contributed by atoms with E-state index in [9.17, 15) is 13.2 Å². The molecule has 0 aromatic heterocycles. The molecule has 0 aromatic carbocycles. The lowest BCUT2D eigenvalue weighted by molar-refractivity contribution is -0.216. The monoisotopic (exact) mass is 191 g/mol. The summed E-state index contributed by atoms with van der Waals surface area (Å²) in [5.74, 6) is 1.28. The number of hydrogen-bond acceptors (Lipinski definition) is 1. The number of hydrogen-bond donors (Lipinski definition) is 0. The van der Waals surface area contributed by atoms with Crippen molar-refractivity contribution in [2.24, 2.45) is 5.92 Å². The maximum absolute atomic E-state index is 12.1. The van der Waals surface area contributed by atoms with E-state index in [0.717, 1.165) is 0 Å². The van der Waals surface area contributed by atoms with Crippen molar-refractivity contribution in [1.82, 2.24) is 4.90 Å². The molecule has 13 heavy (non-hydrogen) atoms. The molecule has 1 heterocycles. The zero-order valence-electron chi connectivity index (χ0n) is 7.65. The van der Waals surface area contributed by atoms with E-state index < -0.39 is 17.6 Å². The summed E-state index contributed by atoms with van der Waals surface area (Å²) >= 11 is 0. The SMILES string of the molecule is C#CC(C)(C)N1CC(C(F)(F)F)C1. The van der Waals surface area contributed by atoms with Gasteiger partial charge in [0.1, 0.15) is 0 Å². The quantitative estimate of drug-likeness (QED) is 0.572. The van der Waals surface area contributed by atoms with Crippen LogP contribution in [0.25, 0.3) is 0 Å². The molecule has 0 bridgehead atoms. The summed E-state index contributed by atoms with van der Waals surface area (Å²) in [6.07, 6.45) is 1.13. The zero-order chi connectivity index (χ0) is 10.3.